The number of carboxylic acids is 3. The number of carbonyl (C=O) groups excluding carboxylic acids is 4. The maximum Gasteiger partial charge on any atom is 0.306 e. The van der Waals surface area contributed by atoms with Gasteiger partial charge in [0.1, 0.15) is 17.0 Å². The summed E-state index contributed by atoms with van der Waals surface area (Å²) in [6, 6.07) is 0.798. The molecule has 3 rings (SSSR count). The molecule has 0 bridgehead atoms. The van der Waals surface area contributed by atoms with E-state index in [1.54, 1.807) is 20.8 Å². The fourth-order valence-corrected chi connectivity index (χ4v) is 8.90. The van der Waals surface area contributed by atoms with Crippen LogP contribution in [0, 0.1) is 16.2 Å². The van der Waals surface area contributed by atoms with Crippen molar-refractivity contribution in [2.45, 2.75) is 202 Å². The fourth-order valence-electron chi connectivity index (χ4n) is 8.71. The average Bonchev–Trinajstić information content (AvgIpc) is 3.18. The molecule has 0 saturated heterocycles. The Morgan fingerprint density at radius 2 is 1.00 bits per heavy atom. The number of nitrogens with two attached hydrogens (primary N) is 2. The van der Waals surface area contributed by atoms with Crippen LogP contribution in [0.2, 0.25) is 0 Å². The number of amides is 1. The van der Waals surface area contributed by atoms with Gasteiger partial charge in [0.2, 0.25) is 5.91 Å². The smallest absolute Gasteiger partial charge is 0.306 e. The molecule has 0 atom stereocenters. The first kappa shape index (κ1) is 63.9. The van der Waals surface area contributed by atoms with Gasteiger partial charge in [0.25, 0.3) is 0 Å². The summed E-state index contributed by atoms with van der Waals surface area (Å²) in [6.45, 7) is 14.1. The Labute approximate surface area is 397 Å². The predicted octanol–water partition coefficient (Wildman–Crippen LogP) is 6.49. The van der Waals surface area contributed by atoms with Crippen LogP contribution in [-0.4, -0.2) is 118 Å². The van der Waals surface area contributed by atoms with Crippen molar-refractivity contribution in [1.82, 2.24) is 16.0 Å². The first-order chi connectivity index (χ1) is 29.3. The number of hydrogen-bond donors (Lipinski definition) is 8. The molecule has 0 aromatic carbocycles. The SMILES string of the molecule is C.C.CC(C)(C)OC(=O)CCC1(CC(=O)O)CCC(=O)CC1.CC(C)(C)OC(=O)CCC1(CC(=O)O)CCC(NCCN)CC1.NCC1(CC(=O)O)CCC(NCCNC(=O)CBr)CC1. The van der Waals surface area contributed by atoms with Crippen molar-refractivity contribution in [2.24, 2.45) is 27.7 Å². The lowest BCUT2D eigenvalue weighted by molar-refractivity contribution is -0.157. The molecular weight excluding hydrogens is 906 g/mol. The highest BCUT2D eigenvalue weighted by Crippen LogP contribution is 2.44. The Morgan fingerprint density at radius 1 is 0.631 bits per heavy atom. The standard InChI is InChI=1S/C17H32N2O4.C15H24O5.C13H24BrN3O3.2CH4/c1-16(2,3)23-15(22)6-9-17(12-14(20)21)7-4-13(5-8-17)19-11-10-18;1-14(2,3)20-13(19)6-9-15(10-12(17)18)7-4-11(16)5-8-15;14-8-11(18)17-6-5-16-10-1-3-13(9-15,4-2-10)7-12(19)20;;/h13,19H,4-12,18H2,1-3H3,(H,20,21);4-10H2,1-3H3,(H,17,18);10,16H,1-9,15H2,(H,17,18)(H,19,20);2*1H4. The van der Waals surface area contributed by atoms with Crippen LogP contribution < -0.4 is 27.4 Å². The van der Waals surface area contributed by atoms with Crippen LogP contribution in [0.3, 0.4) is 0 Å². The van der Waals surface area contributed by atoms with Crippen LogP contribution in [0.25, 0.3) is 0 Å². The van der Waals surface area contributed by atoms with E-state index in [2.05, 4.69) is 31.9 Å². The predicted molar refractivity (Wildman–Crippen MR) is 257 cm³/mol. The van der Waals surface area contributed by atoms with E-state index in [9.17, 15) is 38.7 Å². The Morgan fingerprint density at radius 3 is 1.35 bits per heavy atom. The second-order valence-corrected chi connectivity index (χ2v) is 20.4. The Kier molecular flexibility index (Phi) is 30.4. The van der Waals surface area contributed by atoms with Gasteiger partial charge in [0.05, 0.1) is 24.6 Å². The molecule has 0 radical (unpaired) electrons. The molecule has 65 heavy (non-hydrogen) atoms. The largest absolute Gasteiger partial charge is 0.481 e. The van der Waals surface area contributed by atoms with Crippen molar-refractivity contribution in [1.29, 1.82) is 0 Å². The van der Waals surface area contributed by atoms with Gasteiger partial charge in [0, 0.05) is 63.9 Å². The van der Waals surface area contributed by atoms with Crippen molar-refractivity contribution >= 4 is 57.5 Å². The van der Waals surface area contributed by atoms with Crippen LogP contribution in [0.4, 0.5) is 0 Å². The Hall–Kier alpha value is -3.19. The molecule has 10 N–H and O–H groups in total. The summed E-state index contributed by atoms with van der Waals surface area (Å²) < 4.78 is 10.6. The zero-order valence-electron chi connectivity index (χ0n) is 38.9. The summed E-state index contributed by atoms with van der Waals surface area (Å²) in [5.41, 5.74) is 9.29. The third-order valence-electron chi connectivity index (χ3n) is 12.1. The van der Waals surface area contributed by atoms with Crippen LogP contribution in [0.5, 0.6) is 0 Å². The lowest BCUT2D eigenvalue weighted by Gasteiger charge is -2.39. The molecule has 0 unspecified atom stereocenters. The van der Waals surface area contributed by atoms with Crippen molar-refractivity contribution in [3.8, 4) is 0 Å². The molecule has 17 nitrogen and oxygen atoms in total. The van der Waals surface area contributed by atoms with Gasteiger partial charge in [-0.3, -0.25) is 33.6 Å². The molecule has 3 aliphatic carbocycles. The highest BCUT2D eigenvalue weighted by molar-refractivity contribution is 9.09. The van der Waals surface area contributed by atoms with Crippen molar-refractivity contribution < 1.29 is 58.4 Å². The minimum atomic E-state index is -0.872. The number of ketones is 1. The molecular formula is C47H88BrN5O12. The monoisotopic (exact) mass is 994 g/mol. The highest BCUT2D eigenvalue weighted by Gasteiger charge is 2.39. The number of ether oxygens (including phenoxy) is 2. The van der Waals surface area contributed by atoms with Crippen LogP contribution >= 0.6 is 15.9 Å². The number of Topliss-reactive ketones (excluding diaryl/α,β-unsaturated/α-hetero) is 1. The topological polar surface area (TPSA) is 287 Å². The average molecular weight is 995 g/mol. The van der Waals surface area contributed by atoms with Gasteiger partial charge in [-0.15, -0.1) is 0 Å². The number of esters is 2. The molecule has 0 heterocycles. The minimum Gasteiger partial charge on any atom is -0.481 e. The van der Waals surface area contributed by atoms with Gasteiger partial charge in [0.15, 0.2) is 0 Å². The van der Waals surface area contributed by atoms with E-state index in [4.69, 9.17) is 31.2 Å². The van der Waals surface area contributed by atoms with E-state index in [1.807, 2.05) is 20.8 Å². The van der Waals surface area contributed by atoms with E-state index < -0.39 is 34.5 Å². The Balaban J connectivity index is 0. The lowest BCUT2D eigenvalue weighted by atomic mass is 9.68. The molecule has 3 aliphatic rings. The first-order valence-corrected chi connectivity index (χ1v) is 23.7. The molecule has 3 fully saturated rings. The molecule has 0 spiro atoms. The molecule has 3 saturated carbocycles. The normalized spacial score (nSPS) is 22.7. The third kappa shape index (κ3) is 28.6. The zero-order chi connectivity index (χ0) is 47.9. The van der Waals surface area contributed by atoms with Gasteiger partial charge >= 0.3 is 29.8 Å². The van der Waals surface area contributed by atoms with Crippen LogP contribution in [0.15, 0.2) is 0 Å². The quantitative estimate of drug-likeness (QED) is 0.0346. The number of rotatable bonds is 21. The van der Waals surface area contributed by atoms with E-state index in [1.165, 1.54) is 0 Å². The van der Waals surface area contributed by atoms with Gasteiger partial charge in [-0.25, -0.2) is 0 Å². The van der Waals surface area contributed by atoms with Crippen LogP contribution in [0.1, 0.15) is 178 Å². The van der Waals surface area contributed by atoms with E-state index in [0.717, 1.165) is 64.5 Å². The molecule has 18 heteroatoms. The summed E-state index contributed by atoms with van der Waals surface area (Å²) in [5.74, 6) is -2.81. The number of halogens is 1. The van der Waals surface area contributed by atoms with Gasteiger partial charge < -0.3 is 52.2 Å². The van der Waals surface area contributed by atoms with Crippen LogP contribution in [-0.2, 0) is 43.0 Å². The van der Waals surface area contributed by atoms with E-state index in [0.29, 0.717) is 75.6 Å². The molecule has 380 valence electrons. The van der Waals surface area contributed by atoms with E-state index in [-0.39, 0.29) is 81.4 Å². The summed E-state index contributed by atoms with van der Waals surface area (Å²) >= 11 is 3.09. The lowest BCUT2D eigenvalue weighted by Crippen LogP contribution is -2.44. The number of carboxylic acid groups (broad SMARTS) is 3. The van der Waals surface area contributed by atoms with Gasteiger partial charge in [-0.2, -0.15) is 0 Å². The van der Waals surface area contributed by atoms with E-state index >= 15 is 0 Å². The number of hydrogen-bond acceptors (Lipinski definition) is 13. The van der Waals surface area contributed by atoms with Crippen molar-refractivity contribution in [3.05, 3.63) is 0 Å². The third-order valence-corrected chi connectivity index (χ3v) is 12.6. The number of aliphatic carboxylic acids is 3. The second-order valence-electron chi connectivity index (χ2n) is 19.9. The summed E-state index contributed by atoms with van der Waals surface area (Å²) in [4.78, 5) is 79.2. The number of carbonyl (C=O) groups is 7. The van der Waals surface area contributed by atoms with Gasteiger partial charge in [-0.05, 0) is 141 Å². The van der Waals surface area contributed by atoms with Gasteiger partial charge in [-0.1, -0.05) is 30.8 Å². The zero-order valence-corrected chi connectivity index (χ0v) is 40.5. The number of alkyl halides is 1. The molecule has 0 aliphatic heterocycles. The number of nitrogens with one attached hydrogen (secondary N) is 3. The second kappa shape index (κ2) is 31.0. The van der Waals surface area contributed by atoms with Crippen molar-refractivity contribution in [3.63, 3.8) is 0 Å². The molecule has 1 amide bonds. The molecule has 0 aromatic rings. The summed E-state index contributed by atoms with van der Waals surface area (Å²) in [6.07, 6.45) is 10.9. The Bertz CT molecular complexity index is 1460. The summed E-state index contributed by atoms with van der Waals surface area (Å²) in [5, 5.41) is 37.1. The minimum absolute atomic E-state index is 0. The van der Waals surface area contributed by atoms with Crippen molar-refractivity contribution in [2.75, 3.05) is 38.1 Å². The highest BCUT2D eigenvalue weighted by atomic mass is 79.9. The maximum absolute atomic E-state index is 11.9. The summed E-state index contributed by atoms with van der Waals surface area (Å²) in [7, 11) is 0. The first-order valence-electron chi connectivity index (χ1n) is 22.6. The molecule has 0 aromatic heterocycles. The fraction of sp³-hybridized carbons (Fsp3) is 0.851. The maximum atomic E-state index is 11.9.